The molecule has 3 fully saturated rings. The summed E-state index contributed by atoms with van der Waals surface area (Å²) < 4.78 is 11.0. The lowest BCUT2D eigenvalue weighted by Gasteiger charge is -2.26. The summed E-state index contributed by atoms with van der Waals surface area (Å²) in [6.45, 7) is 2.42. The van der Waals surface area contributed by atoms with E-state index in [1.807, 2.05) is 0 Å². The van der Waals surface area contributed by atoms with Crippen LogP contribution in [0.2, 0.25) is 0 Å². The Balaban J connectivity index is 1.49. The summed E-state index contributed by atoms with van der Waals surface area (Å²) in [4.78, 5) is 25.5. The fourth-order valence-corrected chi connectivity index (χ4v) is 4.18. The summed E-state index contributed by atoms with van der Waals surface area (Å²) in [6, 6.07) is -0.622. The second-order valence-electron chi connectivity index (χ2n) is 6.62. The maximum Gasteiger partial charge on any atom is 0.326 e. The third kappa shape index (κ3) is 3.27. The van der Waals surface area contributed by atoms with Crippen molar-refractivity contribution in [1.29, 1.82) is 0 Å². The molecule has 6 heteroatoms. The number of hydrogen-bond acceptors (Lipinski definition) is 4. The second-order valence-corrected chi connectivity index (χ2v) is 6.62. The summed E-state index contributed by atoms with van der Waals surface area (Å²) in [5.41, 5.74) is 0. The van der Waals surface area contributed by atoms with Crippen LogP contribution in [0.5, 0.6) is 0 Å². The molecule has 2 aliphatic heterocycles. The van der Waals surface area contributed by atoms with Crippen molar-refractivity contribution in [3.05, 3.63) is 0 Å². The predicted molar refractivity (Wildman–Crippen MR) is 78.4 cm³/mol. The van der Waals surface area contributed by atoms with Crippen LogP contribution >= 0.6 is 0 Å². The predicted octanol–water partition coefficient (Wildman–Crippen LogP) is 1.28. The lowest BCUT2D eigenvalue weighted by atomic mass is 9.94. The van der Waals surface area contributed by atoms with E-state index >= 15 is 0 Å². The first-order valence-electron chi connectivity index (χ1n) is 8.38. The van der Waals surface area contributed by atoms with E-state index in [2.05, 4.69) is 0 Å². The number of carbonyl (C=O) groups is 2. The molecule has 1 N–H and O–H groups in total. The van der Waals surface area contributed by atoms with E-state index in [4.69, 9.17) is 9.47 Å². The summed E-state index contributed by atoms with van der Waals surface area (Å²) in [5, 5.41) is 9.47. The Bertz CT molecular complexity index is 421. The molecule has 0 radical (unpaired) electrons. The van der Waals surface area contributed by atoms with Crippen LogP contribution < -0.4 is 0 Å². The molecule has 3 unspecified atom stereocenters. The highest BCUT2D eigenvalue weighted by atomic mass is 16.5. The molecule has 3 aliphatic rings. The molecule has 0 aromatic carbocycles. The Morgan fingerprint density at radius 3 is 2.68 bits per heavy atom. The number of rotatable bonds is 5. The molecule has 1 aliphatic carbocycles. The molecule has 6 nitrogen and oxygen atoms in total. The number of carboxylic acids is 1. The van der Waals surface area contributed by atoms with E-state index in [0.717, 1.165) is 45.3 Å². The van der Waals surface area contributed by atoms with Crippen molar-refractivity contribution in [3.63, 3.8) is 0 Å². The number of nitrogens with zero attached hydrogens (tertiary/aromatic N) is 1. The van der Waals surface area contributed by atoms with Crippen LogP contribution in [0.3, 0.4) is 0 Å². The Morgan fingerprint density at radius 2 is 1.95 bits per heavy atom. The summed E-state index contributed by atoms with van der Waals surface area (Å²) >= 11 is 0. The molecule has 1 saturated carbocycles. The molecule has 0 aromatic heterocycles. The van der Waals surface area contributed by atoms with Gasteiger partial charge in [0.2, 0.25) is 5.91 Å². The Hall–Kier alpha value is -1.14. The van der Waals surface area contributed by atoms with Crippen LogP contribution in [0, 0.1) is 11.8 Å². The third-order valence-corrected chi connectivity index (χ3v) is 5.30. The van der Waals surface area contributed by atoms with Gasteiger partial charge >= 0.3 is 5.97 Å². The third-order valence-electron chi connectivity index (χ3n) is 5.30. The van der Waals surface area contributed by atoms with Gasteiger partial charge < -0.3 is 19.5 Å². The van der Waals surface area contributed by atoms with Gasteiger partial charge in [0.05, 0.1) is 19.1 Å². The minimum absolute atomic E-state index is 0.0751. The SMILES string of the molecule is O=C(O)C1C2CCCC2CN1C(=O)CCOC1CCOCC1. The maximum absolute atomic E-state index is 12.4. The highest BCUT2D eigenvalue weighted by Gasteiger charge is 2.49. The number of amides is 1. The zero-order valence-electron chi connectivity index (χ0n) is 12.9. The highest BCUT2D eigenvalue weighted by molar-refractivity contribution is 5.84. The summed E-state index contributed by atoms with van der Waals surface area (Å²) in [5.74, 6) is -0.402. The lowest BCUT2D eigenvalue weighted by molar-refractivity contribution is -0.150. The molecule has 124 valence electrons. The van der Waals surface area contributed by atoms with Crippen molar-refractivity contribution >= 4 is 11.9 Å². The number of aliphatic carboxylic acids is 1. The topological polar surface area (TPSA) is 76.1 Å². The lowest BCUT2D eigenvalue weighted by Crippen LogP contribution is -2.43. The molecule has 3 rings (SSSR count). The number of likely N-dealkylation sites (tertiary alicyclic amines) is 1. The molecule has 0 spiro atoms. The Kier molecular flexibility index (Phi) is 4.98. The van der Waals surface area contributed by atoms with Crippen LogP contribution in [0.4, 0.5) is 0 Å². The minimum Gasteiger partial charge on any atom is -0.480 e. The fourth-order valence-electron chi connectivity index (χ4n) is 4.18. The molecule has 2 saturated heterocycles. The highest BCUT2D eigenvalue weighted by Crippen LogP contribution is 2.42. The van der Waals surface area contributed by atoms with Crippen LogP contribution in [0.15, 0.2) is 0 Å². The van der Waals surface area contributed by atoms with Crippen molar-refractivity contribution in [2.45, 2.75) is 50.7 Å². The molecule has 1 amide bonds. The molecular formula is C16H25NO5. The van der Waals surface area contributed by atoms with Crippen molar-refractivity contribution in [2.24, 2.45) is 11.8 Å². The van der Waals surface area contributed by atoms with Crippen LogP contribution in [-0.2, 0) is 19.1 Å². The van der Waals surface area contributed by atoms with Crippen LogP contribution in [0.25, 0.3) is 0 Å². The van der Waals surface area contributed by atoms with Crippen molar-refractivity contribution < 1.29 is 24.2 Å². The number of ether oxygens (including phenoxy) is 2. The zero-order valence-corrected chi connectivity index (χ0v) is 12.9. The largest absolute Gasteiger partial charge is 0.480 e. The average Bonchev–Trinajstić information content (AvgIpc) is 3.08. The first-order valence-corrected chi connectivity index (χ1v) is 8.38. The van der Waals surface area contributed by atoms with Gasteiger partial charge in [0, 0.05) is 19.8 Å². The number of carboxylic acid groups (broad SMARTS) is 1. The molecule has 2 heterocycles. The fraction of sp³-hybridized carbons (Fsp3) is 0.875. The number of hydrogen-bond donors (Lipinski definition) is 1. The molecular weight excluding hydrogens is 286 g/mol. The molecule has 0 aromatic rings. The minimum atomic E-state index is -0.854. The van der Waals surface area contributed by atoms with Gasteiger partial charge in [-0.25, -0.2) is 4.79 Å². The van der Waals surface area contributed by atoms with Crippen LogP contribution in [-0.4, -0.2) is 60.4 Å². The van der Waals surface area contributed by atoms with E-state index in [1.165, 1.54) is 0 Å². The molecule has 0 bridgehead atoms. The van der Waals surface area contributed by atoms with Crippen molar-refractivity contribution in [1.82, 2.24) is 4.90 Å². The Morgan fingerprint density at radius 1 is 1.18 bits per heavy atom. The van der Waals surface area contributed by atoms with Gasteiger partial charge in [0.15, 0.2) is 0 Å². The van der Waals surface area contributed by atoms with E-state index in [0.29, 0.717) is 19.1 Å². The van der Waals surface area contributed by atoms with Gasteiger partial charge in [-0.3, -0.25) is 4.79 Å². The van der Waals surface area contributed by atoms with Gasteiger partial charge in [0.1, 0.15) is 6.04 Å². The summed E-state index contributed by atoms with van der Waals surface area (Å²) in [7, 11) is 0. The molecule has 22 heavy (non-hydrogen) atoms. The van der Waals surface area contributed by atoms with E-state index in [-0.39, 0.29) is 24.3 Å². The van der Waals surface area contributed by atoms with E-state index in [1.54, 1.807) is 4.90 Å². The maximum atomic E-state index is 12.4. The first kappa shape index (κ1) is 15.7. The van der Waals surface area contributed by atoms with Gasteiger partial charge in [-0.1, -0.05) is 6.42 Å². The first-order chi connectivity index (χ1) is 10.7. The van der Waals surface area contributed by atoms with Gasteiger partial charge in [-0.05, 0) is 37.5 Å². The number of fused-ring (bicyclic) bond motifs is 1. The molecule has 3 atom stereocenters. The van der Waals surface area contributed by atoms with Gasteiger partial charge in [0.25, 0.3) is 0 Å². The van der Waals surface area contributed by atoms with E-state index in [9.17, 15) is 14.7 Å². The zero-order chi connectivity index (χ0) is 15.5. The second kappa shape index (κ2) is 6.96. The Labute approximate surface area is 130 Å². The average molecular weight is 311 g/mol. The standard InChI is InChI=1S/C16H25NO5/c18-14(6-9-22-12-4-7-21-8-5-12)17-10-11-2-1-3-13(11)15(17)16(19)20/h11-13,15H,1-10H2,(H,19,20). The van der Waals surface area contributed by atoms with E-state index < -0.39 is 12.0 Å². The quantitative estimate of drug-likeness (QED) is 0.828. The number of carbonyl (C=O) groups excluding carboxylic acids is 1. The normalized spacial score (nSPS) is 32.2. The smallest absolute Gasteiger partial charge is 0.326 e. The van der Waals surface area contributed by atoms with Crippen molar-refractivity contribution in [3.8, 4) is 0 Å². The monoisotopic (exact) mass is 311 g/mol. The summed E-state index contributed by atoms with van der Waals surface area (Å²) in [6.07, 6.45) is 5.28. The van der Waals surface area contributed by atoms with Gasteiger partial charge in [-0.2, -0.15) is 0 Å². The van der Waals surface area contributed by atoms with Crippen LogP contribution in [0.1, 0.15) is 38.5 Å². The van der Waals surface area contributed by atoms with Gasteiger partial charge in [-0.15, -0.1) is 0 Å². The van der Waals surface area contributed by atoms with Crippen molar-refractivity contribution in [2.75, 3.05) is 26.4 Å².